The molecule has 1 fully saturated rings. The zero-order valence-corrected chi connectivity index (χ0v) is 21.7. The van der Waals surface area contributed by atoms with Gasteiger partial charge in [-0.1, -0.05) is 0 Å². The van der Waals surface area contributed by atoms with E-state index in [1.54, 1.807) is 44.7 Å². The van der Waals surface area contributed by atoms with Crippen molar-refractivity contribution in [2.75, 3.05) is 50.7 Å². The van der Waals surface area contributed by atoms with E-state index in [2.05, 4.69) is 20.2 Å². The van der Waals surface area contributed by atoms with E-state index in [1.807, 2.05) is 24.3 Å². The lowest BCUT2D eigenvalue weighted by molar-refractivity contribution is 0.0989. The molecule has 4 rings (SSSR count). The molecule has 1 aliphatic heterocycles. The summed E-state index contributed by atoms with van der Waals surface area (Å²) < 4.78 is 15.4. The predicted octanol–water partition coefficient (Wildman–Crippen LogP) is 3.13. The minimum Gasteiger partial charge on any atom is -0.497 e. The molecule has 0 spiro atoms. The third-order valence-corrected chi connectivity index (χ3v) is 5.72. The average Bonchev–Trinajstić information content (AvgIpc) is 2.95. The van der Waals surface area contributed by atoms with Gasteiger partial charge in [-0.15, -0.1) is 0 Å². The monoisotopic (exact) mass is 522 g/mol. The molecule has 38 heavy (non-hydrogen) atoms. The summed E-state index contributed by atoms with van der Waals surface area (Å²) in [6.07, 6.45) is 5.11. The number of carbonyl (C=O) groups is 2. The number of anilines is 3. The molecule has 0 radical (unpaired) electrons. The third kappa shape index (κ3) is 8.34. The van der Waals surface area contributed by atoms with Crippen molar-refractivity contribution in [3.8, 4) is 11.5 Å². The van der Waals surface area contributed by atoms with E-state index >= 15 is 0 Å². The van der Waals surface area contributed by atoms with Gasteiger partial charge in [0.05, 0.1) is 19.9 Å². The first kappa shape index (κ1) is 28.2. The van der Waals surface area contributed by atoms with Crippen LogP contribution in [0.1, 0.15) is 40.1 Å². The van der Waals surface area contributed by atoms with E-state index in [9.17, 15) is 9.59 Å². The van der Waals surface area contributed by atoms with E-state index in [4.69, 9.17) is 25.7 Å². The number of ether oxygens (including phenoxy) is 3. The number of benzene rings is 2. The van der Waals surface area contributed by atoms with Gasteiger partial charge in [-0.25, -0.2) is 9.97 Å². The molecular weight excluding hydrogens is 488 g/mol. The Labute approximate surface area is 222 Å². The number of piperidine rings is 1. The molecule has 1 aliphatic rings. The summed E-state index contributed by atoms with van der Waals surface area (Å²) in [5, 5.41) is 3.15. The van der Waals surface area contributed by atoms with Crippen molar-refractivity contribution in [2.45, 2.75) is 19.3 Å². The van der Waals surface area contributed by atoms with Crippen LogP contribution in [-0.2, 0) is 4.74 Å². The lowest BCUT2D eigenvalue weighted by atomic mass is 10.1. The van der Waals surface area contributed by atoms with Gasteiger partial charge >= 0.3 is 0 Å². The summed E-state index contributed by atoms with van der Waals surface area (Å²) in [5.41, 5.74) is 11.9. The van der Waals surface area contributed by atoms with Crippen molar-refractivity contribution < 1.29 is 23.8 Å². The first-order valence-electron chi connectivity index (χ1n) is 12.3. The highest BCUT2D eigenvalue weighted by molar-refractivity contribution is 5.96. The lowest BCUT2D eigenvalue weighted by Gasteiger charge is -2.27. The lowest BCUT2D eigenvalue weighted by Crippen LogP contribution is -2.30. The second-order valence-corrected chi connectivity index (χ2v) is 8.42. The van der Waals surface area contributed by atoms with E-state index in [1.165, 1.54) is 6.42 Å². The fourth-order valence-electron chi connectivity index (χ4n) is 3.69. The van der Waals surface area contributed by atoms with Crippen molar-refractivity contribution >= 4 is 29.1 Å². The van der Waals surface area contributed by atoms with Crippen LogP contribution < -0.4 is 31.2 Å². The fourth-order valence-corrected chi connectivity index (χ4v) is 3.69. The maximum Gasteiger partial charge on any atom is 0.271 e. The van der Waals surface area contributed by atoms with E-state index < -0.39 is 11.8 Å². The Morgan fingerprint density at radius 2 is 1.55 bits per heavy atom. The SMILES string of the molecule is COCCOc1ccc(Nc2nc(N3CCCCC3)cnc2C(N)=O)cc1.COc1ccc(C(N)=O)cc1. The van der Waals surface area contributed by atoms with Crippen LogP contribution in [0.5, 0.6) is 11.5 Å². The average molecular weight is 523 g/mol. The zero-order valence-electron chi connectivity index (χ0n) is 21.7. The summed E-state index contributed by atoms with van der Waals surface area (Å²) in [6, 6.07) is 14.0. The standard InChI is InChI=1S/C19H25N5O3.C8H9NO2/c1-26-11-12-27-15-7-5-14(6-8-15)22-19-17(18(20)25)21-13-16(23-19)24-9-3-2-4-10-24;1-11-7-4-2-6(3-5-7)8(9)10/h5-8,13H,2-4,9-12H2,1H3,(H2,20,25)(H,22,23);2-5H,1H3,(H2,9,10). The first-order valence-corrected chi connectivity index (χ1v) is 12.3. The molecule has 5 N–H and O–H groups in total. The van der Waals surface area contributed by atoms with Gasteiger partial charge in [-0.05, 0) is 67.8 Å². The van der Waals surface area contributed by atoms with Gasteiger partial charge in [-0.3, -0.25) is 9.59 Å². The Morgan fingerprint density at radius 1 is 0.895 bits per heavy atom. The Hall–Kier alpha value is -4.38. The number of rotatable bonds is 10. The third-order valence-electron chi connectivity index (χ3n) is 5.72. The number of hydrogen-bond acceptors (Lipinski definition) is 9. The van der Waals surface area contributed by atoms with Gasteiger partial charge in [0.1, 0.15) is 23.9 Å². The van der Waals surface area contributed by atoms with Crippen molar-refractivity contribution in [1.29, 1.82) is 0 Å². The molecule has 2 amide bonds. The maximum absolute atomic E-state index is 11.7. The molecule has 2 aromatic carbocycles. The van der Waals surface area contributed by atoms with Crippen LogP contribution in [0.4, 0.5) is 17.3 Å². The van der Waals surface area contributed by atoms with Gasteiger partial charge in [0.25, 0.3) is 5.91 Å². The quantitative estimate of drug-likeness (QED) is 0.341. The van der Waals surface area contributed by atoms with E-state index in [0.29, 0.717) is 24.6 Å². The van der Waals surface area contributed by atoms with Crippen molar-refractivity contribution in [2.24, 2.45) is 11.5 Å². The normalized spacial score (nSPS) is 12.6. The first-order chi connectivity index (χ1) is 18.4. The minimum absolute atomic E-state index is 0.121. The van der Waals surface area contributed by atoms with Gasteiger partial charge in [-0.2, -0.15) is 0 Å². The maximum atomic E-state index is 11.7. The zero-order chi connectivity index (χ0) is 27.3. The minimum atomic E-state index is -0.616. The Kier molecular flexibility index (Phi) is 10.7. The highest BCUT2D eigenvalue weighted by Crippen LogP contribution is 2.24. The predicted molar refractivity (Wildman–Crippen MR) is 145 cm³/mol. The highest BCUT2D eigenvalue weighted by atomic mass is 16.5. The topological polar surface area (TPSA) is 155 Å². The van der Waals surface area contributed by atoms with Crippen LogP contribution >= 0.6 is 0 Å². The largest absolute Gasteiger partial charge is 0.497 e. The summed E-state index contributed by atoms with van der Waals surface area (Å²) >= 11 is 0. The molecule has 0 unspecified atom stereocenters. The number of nitrogens with one attached hydrogen (secondary N) is 1. The summed E-state index contributed by atoms with van der Waals surface area (Å²) in [7, 11) is 3.20. The molecule has 202 valence electrons. The van der Waals surface area contributed by atoms with Crippen molar-refractivity contribution in [3.63, 3.8) is 0 Å². The number of primary amides is 2. The summed E-state index contributed by atoms with van der Waals surface area (Å²) in [6.45, 7) is 2.90. The van der Waals surface area contributed by atoms with Crippen molar-refractivity contribution in [3.05, 3.63) is 66.0 Å². The Morgan fingerprint density at radius 3 is 2.13 bits per heavy atom. The number of nitrogens with zero attached hydrogens (tertiary/aromatic N) is 3. The van der Waals surface area contributed by atoms with E-state index in [0.717, 1.165) is 48.9 Å². The smallest absolute Gasteiger partial charge is 0.271 e. The van der Waals surface area contributed by atoms with Crippen LogP contribution in [0.25, 0.3) is 0 Å². The van der Waals surface area contributed by atoms with E-state index in [-0.39, 0.29) is 5.69 Å². The molecule has 11 heteroatoms. The number of carbonyl (C=O) groups excluding carboxylic acids is 2. The van der Waals surface area contributed by atoms with Crippen molar-refractivity contribution in [1.82, 2.24) is 9.97 Å². The number of nitrogens with two attached hydrogens (primary N) is 2. The molecule has 1 saturated heterocycles. The van der Waals surface area contributed by atoms with Gasteiger partial charge in [0, 0.05) is 31.5 Å². The molecule has 0 bridgehead atoms. The van der Waals surface area contributed by atoms with Gasteiger partial charge < -0.3 is 35.9 Å². The second-order valence-electron chi connectivity index (χ2n) is 8.42. The molecule has 0 atom stereocenters. The van der Waals surface area contributed by atoms with Crippen LogP contribution in [0.3, 0.4) is 0 Å². The van der Waals surface area contributed by atoms with Crippen LogP contribution in [0.2, 0.25) is 0 Å². The molecule has 11 nitrogen and oxygen atoms in total. The summed E-state index contributed by atoms with van der Waals surface area (Å²) in [4.78, 5) is 33.3. The fraction of sp³-hybridized carbons (Fsp3) is 0.333. The summed E-state index contributed by atoms with van der Waals surface area (Å²) in [5.74, 6) is 1.53. The number of methoxy groups -OCH3 is 2. The Bertz CT molecular complexity index is 1180. The van der Waals surface area contributed by atoms with Gasteiger partial charge in [0.2, 0.25) is 5.91 Å². The molecule has 1 aromatic heterocycles. The number of hydrogen-bond donors (Lipinski definition) is 3. The van der Waals surface area contributed by atoms with Gasteiger partial charge in [0.15, 0.2) is 11.5 Å². The molecule has 3 aromatic rings. The highest BCUT2D eigenvalue weighted by Gasteiger charge is 2.18. The second kappa shape index (κ2) is 14.4. The van der Waals surface area contributed by atoms with Crippen LogP contribution in [-0.4, -0.2) is 62.3 Å². The Balaban J connectivity index is 0.000000304. The number of amides is 2. The molecular formula is C27H34N6O5. The molecule has 0 aliphatic carbocycles. The van der Waals surface area contributed by atoms with Crippen LogP contribution in [0.15, 0.2) is 54.7 Å². The van der Waals surface area contributed by atoms with Crippen LogP contribution in [0, 0.1) is 0 Å². The number of aromatic nitrogens is 2. The molecule has 2 heterocycles. The molecule has 0 saturated carbocycles.